The van der Waals surface area contributed by atoms with Crippen molar-refractivity contribution < 1.29 is 0 Å². The number of hydrogen-bond acceptors (Lipinski definition) is 0. The lowest BCUT2D eigenvalue weighted by molar-refractivity contribution is 1.54. The molecule has 0 radical (unpaired) electrons. The molecule has 0 atom stereocenters. The summed E-state index contributed by atoms with van der Waals surface area (Å²) in [6, 6.07) is 98.6. The van der Waals surface area contributed by atoms with Crippen LogP contribution in [0.4, 0.5) is 0 Å². The molecule has 0 aromatic heterocycles. The van der Waals surface area contributed by atoms with E-state index in [4.69, 9.17) is 0 Å². The van der Waals surface area contributed by atoms with Gasteiger partial charge in [-0.1, -0.05) is 243 Å². The predicted molar refractivity (Wildman–Crippen MR) is 292 cm³/mol. The second kappa shape index (κ2) is 16.5. The highest BCUT2D eigenvalue weighted by Gasteiger charge is 2.22. The van der Waals surface area contributed by atoms with Crippen molar-refractivity contribution in [1.29, 1.82) is 0 Å². The minimum absolute atomic E-state index is 1.17. The quantitative estimate of drug-likeness (QED) is 0.111. The molecule has 0 spiro atoms. The number of rotatable bonds is 7. The summed E-state index contributed by atoms with van der Waals surface area (Å²) < 4.78 is 0. The van der Waals surface area contributed by atoms with Gasteiger partial charge in [0, 0.05) is 0 Å². The molecule has 0 unspecified atom stereocenters. The summed E-state index contributed by atoms with van der Waals surface area (Å²) in [4.78, 5) is 0. The van der Waals surface area contributed by atoms with Gasteiger partial charge < -0.3 is 0 Å². The third-order valence-corrected chi connectivity index (χ3v) is 14.0. The van der Waals surface area contributed by atoms with Crippen molar-refractivity contribution in [2.45, 2.75) is 0 Å². The van der Waals surface area contributed by atoms with Crippen molar-refractivity contribution in [2.75, 3.05) is 0 Å². The Bertz CT molecular complexity index is 4000. The van der Waals surface area contributed by atoms with E-state index < -0.39 is 0 Å². The lowest BCUT2D eigenvalue weighted by Crippen LogP contribution is -1.96. The summed E-state index contributed by atoms with van der Waals surface area (Å²) >= 11 is 0. The Morgan fingerprint density at radius 3 is 1.19 bits per heavy atom. The molecule has 0 aliphatic heterocycles. The number of fused-ring (bicyclic) bond motifs is 6. The molecule has 0 amide bonds. The molecular weight excluding hydrogens is 817 g/mol. The fourth-order valence-corrected chi connectivity index (χ4v) is 11.0. The van der Waals surface area contributed by atoms with Crippen LogP contribution in [0.15, 0.2) is 267 Å². The van der Waals surface area contributed by atoms with Gasteiger partial charge in [0.2, 0.25) is 0 Å². The van der Waals surface area contributed by atoms with Crippen LogP contribution < -0.4 is 0 Å². The van der Waals surface area contributed by atoms with Gasteiger partial charge in [-0.05, 0) is 156 Å². The van der Waals surface area contributed by atoms with Crippen LogP contribution in [0.25, 0.3) is 132 Å². The van der Waals surface area contributed by atoms with Gasteiger partial charge in [0.25, 0.3) is 0 Å². The Morgan fingerprint density at radius 1 is 0.147 bits per heavy atom. The summed E-state index contributed by atoms with van der Waals surface area (Å²) in [5.74, 6) is 0. The normalized spacial score (nSPS) is 11.5. The standard InChI is InChI=1S/C68H44/c1-3-19-45(20-4-1)53-43-64(47-21-5-2-6-22-47)68(65(44-53)58-31-12-11-30-57(58)56-36-18-25-46-23-7-9-28-54(46)56)51-27-17-26-50(41-51)66-59-32-13-15-34-61(59)67(62-35-16-14-33-60(62)66)52-40-39-49-38-37-48-24-8-10-29-55(48)63(49)42-52/h1-44H. The molecule has 0 aliphatic carbocycles. The van der Waals surface area contributed by atoms with Crippen LogP contribution in [0.5, 0.6) is 0 Å². The van der Waals surface area contributed by atoms with E-state index in [0.29, 0.717) is 0 Å². The number of benzene rings is 13. The number of hydrogen-bond donors (Lipinski definition) is 0. The minimum atomic E-state index is 1.17. The third kappa shape index (κ3) is 6.69. The van der Waals surface area contributed by atoms with Gasteiger partial charge in [0.1, 0.15) is 0 Å². The van der Waals surface area contributed by atoms with Crippen LogP contribution in [-0.2, 0) is 0 Å². The summed E-state index contributed by atoms with van der Waals surface area (Å²) in [6.45, 7) is 0. The first-order valence-corrected chi connectivity index (χ1v) is 23.6. The highest BCUT2D eigenvalue weighted by atomic mass is 14.3. The van der Waals surface area contributed by atoms with Gasteiger partial charge in [-0.2, -0.15) is 0 Å². The molecule has 0 N–H and O–H groups in total. The Hall–Kier alpha value is -8.84. The molecule has 0 bridgehead atoms. The molecular formula is C68H44. The fraction of sp³-hybridized carbons (Fsp3) is 0. The monoisotopic (exact) mass is 860 g/mol. The Kier molecular flexibility index (Phi) is 9.62. The Morgan fingerprint density at radius 2 is 0.544 bits per heavy atom. The maximum atomic E-state index is 2.45. The van der Waals surface area contributed by atoms with Gasteiger partial charge in [-0.15, -0.1) is 0 Å². The zero-order valence-corrected chi connectivity index (χ0v) is 37.4. The molecule has 13 aromatic carbocycles. The molecule has 0 heteroatoms. The maximum absolute atomic E-state index is 2.45. The topological polar surface area (TPSA) is 0 Å². The minimum Gasteiger partial charge on any atom is -0.0622 e. The van der Waals surface area contributed by atoms with E-state index in [2.05, 4.69) is 267 Å². The van der Waals surface area contributed by atoms with Crippen LogP contribution in [-0.4, -0.2) is 0 Å². The van der Waals surface area contributed by atoms with Crippen LogP contribution in [0, 0.1) is 0 Å². The van der Waals surface area contributed by atoms with E-state index in [0.717, 1.165) is 0 Å². The molecule has 0 saturated heterocycles. The smallest absolute Gasteiger partial charge is 0.00259 e. The van der Waals surface area contributed by atoms with Crippen molar-refractivity contribution in [3.05, 3.63) is 267 Å². The molecule has 13 aromatic rings. The summed E-state index contributed by atoms with van der Waals surface area (Å²) in [5.41, 5.74) is 16.9. The molecule has 0 saturated carbocycles. The largest absolute Gasteiger partial charge is 0.0622 e. The fourth-order valence-electron chi connectivity index (χ4n) is 11.0. The highest BCUT2D eigenvalue weighted by molar-refractivity contribution is 6.22. The molecule has 0 heterocycles. The predicted octanol–water partition coefficient (Wildman–Crippen LogP) is 19.1. The van der Waals surface area contributed by atoms with Crippen molar-refractivity contribution in [1.82, 2.24) is 0 Å². The molecule has 0 fully saturated rings. The second-order valence-corrected chi connectivity index (χ2v) is 17.9. The van der Waals surface area contributed by atoms with Crippen molar-refractivity contribution in [3.8, 4) is 77.9 Å². The van der Waals surface area contributed by atoms with Crippen molar-refractivity contribution in [3.63, 3.8) is 0 Å². The summed E-state index contributed by atoms with van der Waals surface area (Å²) in [5, 5.41) is 12.5. The van der Waals surface area contributed by atoms with Gasteiger partial charge in [0.15, 0.2) is 0 Å². The van der Waals surface area contributed by atoms with Crippen molar-refractivity contribution >= 4 is 53.9 Å². The first-order chi connectivity index (χ1) is 33.7. The van der Waals surface area contributed by atoms with Crippen LogP contribution in [0.2, 0.25) is 0 Å². The lowest BCUT2D eigenvalue weighted by Gasteiger charge is -2.22. The van der Waals surface area contributed by atoms with Crippen LogP contribution >= 0.6 is 0 Å². The first kappa shape index (κ1) is 39.5. The summed E-state index contributed by atoms with van der Waals surface area (Å²) in [7, 11) is 0. The van der Waals surface area contributed by atoms with E-state index in [9.17, 15) is 0 Å². The lowest BCUT2D eigenvalue weighted by atomic mass is 9.81. The average Bonchev–Trinajstić information content (AvgIpc) is 3.42. The van der Waals surface area contributed by atoms with Crippen LogP contribution in [0.3, 0.4) is 0 Å². The van der Waals surface area contributed by atoms with E-state index in [1.165, 1.54) is 132 Å². The molecule has 0 aliphatic rings. The Labute approximate surface area is 396 Å². The van der Waals surface area contributed by atoms with E-state index in [-0.39, 0.29) is 0 Å². The Balaban J connectivity index is 1.08. The highest BCUT2D eigenvalue weighted by Crippen LogP contribution is 2.49. The molecule has 0 nitrogen and oxygen atoms in total. The molecule has 316 valence electrons. The van der Waals surface area contributed by atoms with E-state index in [1.54, 1.807) is 0 Å². The van der Waals surface area contributed by atoms with Gasteiger partial charge >= 0.3 is 0 Å². The molecule has 68 heavy (non-hydrogen) atoms. The zero-order valence-electron chi connectivity index (χ0n) is 37.4. The first-order valence-electron chi connectivity index (χ1n) is 23.6. The van der Waals surface area contributed by atoms with Crippen molar-refractivity contribution in [2.24, 2.45) is 0 Å². The zero-order chi connectivity index (χ0) is 45.0. The van der Waals surface area contributed by atoms with Gasteiger partial charge in [0.05, 0.1) is 0 Å². The van der Waals surface area contributed by atoms with E-state index >= 15 is 0 Å². The van der Waals surface area contributed by atoms with E-state index in [1.807, 2.05) is 0 Å². The summed E-state index contributed by atoms with van der Waals surface area (Å²) in [6.07, 6.45) is 0. The second-order valence-electron chi connectivity index (χ2n) is 17.9. The van der Waals surface area contributed by atoms with Gasteiger partial charge in [-0.3, -0.25) is 0 Å². The maximum Gasteiger partial charge on any atom is -0.00259 e. The molecule has 13 rings (SSSR count). The van der Waals surface area contributed by atoms with Gasteiger partial charge in [-0.25, -0.2) is 0 Å². The third-order valence-electron chi connectivity index (χ3n) is 14.0. The average molecular weight is 861 g/mol. The SMILES string of the molecule is c1ccc(-c2cc(-c3ccccc3)c(-c3cccc(-c4c5ccccc5c(-c5ccc6ccc7ccccc7c6c5)c5ccccc45)c3)c(-c3ccccc3-c3cccc4ccccc34)c2)cc1. The van der Waals surface area contributed by atoms with Crippen LogP contribution in [0.1, 0.15) is 0 Å².